The Morgan fingerprint density at radius 2 is 2.16 bits per heavy atom. The molecule has 0 aliphatic carbocycles. The highest BCUT2D eigenvalue weighted by Gasteiger charge is 2.42. The van der Waals surface area contributed by atoms with Gasteiger partial charge < -0.3 is 14.4 Å². The second kappa shape index (κ2) is 6.72. The summed E-state index contributed by atoms with van der Waals surface area (Å²) in [5.41, 5.74) is 1.17. The van der Waals surface area contributed by atoms with Crippen LogP contribution in [-0.4, -0.2) is 62.1 Å². The molecule has 0 aromatic carbocycles. The van der Waals surface area contributed by atoms with E-state index in [-0.39, 0.29) is 0 Å². The molecule has 2 fully saturated rings. The first kappa shape index (κ1) is 16.5. The van der Waals surface area contributed by atoms with Crippen LogP contribution < -0.4 is 4.90 Å². The fraction of sp³-hybridized carbons (Fsp3) is 0.750. The summed E-state index contributed by atoms with van der Waals surface area (Å²) in [6, 6.07) is 2.02. The van der Waals surface area contributed by atoms with Crippen molar-refractivity contribution < 1.29 is 9.47 Å². The maximum atomic E-state index is 5.87. The van der Waals surface area contributed by atoms with Gasteiger partial charge >= 0.3 is 0 Å². The molecular formula is C16H25N7O2. The van der Waals surface area contributed by atoms with Crippen molar-refractivity contribution in [3.05, 3.63) is 18.0 Å². The third-order valence-corrected chi connectivity index (χ3v) is 5.32. The molecule has 2 aliphatic rings. The fourth-order valence-corrected chi connectivity index (χ4v) is 3.79. The van der Waals surface area contributed by atoms with E-state index in [1.807, 2.05) is 28.7 Å². The summed E-state index contributed by atoms with van der Waals surface area (Å²) in [5, 5.41) is 16.6. The lowest BCUT2D eigenvalue weighted by molar-refractivity contribution is -0.182. The lowest BCUT2D eigenvalue weighted by Crippen LogP contribution is -2.47. The third kappa shape index (κ3) is 3.25. The molecule has 0 spiro atoms. The molecule has 9 heteroatoms. The highest BCUT2D eigenvalue weighted by Crippen LogP contribution is 2.35. The summed E-state index contributed by atoms with van der Waals surface area (Å²) in [4.78, 5) is 2.26. The van der Waals surface area contributed by atoms with Gasteiger partial charge in [-0.25, -0.2) is 4.68 Å². The van der Waals surface area contributed by atoms with Crippen LogP contribution >= 0.6 is 0 Å². The van der Waals surface area contributed by atoms with Gasteiger partial charge in [-0.2, -0.15) is 5.10 Å². The van der Waals surface area contributed by atoms with Crippen molar-refractivity contribution in [2.75, 3.05) is 31.2 Å². The quantitative estimate of drug-likeness (QED) is 0.784. The topological polar surface area (TPSA) is 83.1 Å². The molecular weight excluding hydrogens is 322 g/mol. The smallest absolute Gasteiger partial charge is 0.245 e. The molecule has 25 heavy (non-hydrogen) atoms. The minimum atomic E-state index is -0.480. The summed E-state index contributed by atoms with van der Waals surface area (Å²) >= 11 is 0. The normalized spacial score (nSPS) is 23.3. The van der Waals surface area contributed by atoms with Crippen molar-refractivity contribution in [2.45, 2.75) is 38.5 Å². The fourth-order valence-electron chi connectivity index (χ4n) is 3.79. The average molecular weight is 347 g/mol. The Hall–Kier alpha value is -2.00. The lowest BCUT2D eigenvalue weighted by atomic mass is 9.90. The van der Waals surface area contributed by atoms with Gasteiger partial charge in [0.2, 0.25) is 5.95 Å². The van der Waals surface area contributed by atoms with Crippen molar-refractivity contribution in [1.29, 1.82) is 0 Å². The Labute approximate surface area is 146 Å². The van der Waals surface area contributed by atoms with Gasteiger partial charge in [0.1, 0.15) is 0 Å². The minimum Gasteiger partial charge on any atom is -0.347 e. The maximum Gasteiger partial charge on any atom is 0.245 e. The average Bonchev–Trinajstić information content (AvgIpc) is 3.35. The molecule has 0 bridgehead atoms. The third-order valence-electron chi connectivity index (χ3n) is 5.32. The molecule has 0 N–H and O–H groups in total. The minimum absolute atomic E-state index is 0.325. The van der Waals surface area contributed by atoms with Gasteiger partial charge in [-0.15, -0.1) is 0 Å². The SMILES string of the molecule is Cn1nccc1CCn1nnnc1N1CCCC(C2(C)OCCO2)C1. The van der Waals surface area contributed by atoms with Gasteiger partial charge in [-0.3, -0.25) is 4.68 Å². The van der Waals surface area contributed by atoms with Gasteiger partial charge in [0.25, 0.3) is 0 Å². The summed E-state index contributed by atoms with van der Waals surface area (Å²) < 4.78 is 15.5. The number of hydrogen-bond donors (Lipinski definition) is 0. The largest absolute Gasteiger partial charge is 0.347 e. The molecule has 1 atom stereocenters. The number of aryl methyl sites for hydroxylation is 3. The van der Waals surface area contributed by atoms with E-state index in [9.17, 15) is 0 Å². The van der Waals surface area contributed by atoms with Crippen molar-refractivity contribution in [1.82, 2.24) is 30.0 Å². The number of piperidine rings is 1. The first-order valence-corrected chi connectivity index (χ1v) is 8.91. The zero-order chi connectivity index (χ0) is 17.3. The Balaban J connectivity index is 1.45. The molecule has 4 heterocycles. The molecule has 1 unspecified atom stereocenters. The Morgan fingerprint density at radius 3 is 2.92 bits per heavy atom. The van der Waals surface area contributed by atoms with Crippen LogP contribution in [0, 0.1) is 5.92 Å². The molecule has 4 rings (SSSR count). The van der Waals surface area contributed by atoms with E-state index in [1.165, 1.54) is 5.69 Å². The Morgan fingerprint density at radius 1 is 1.32 bits per heavy atom. The van der Waals surface area contributed by atoms with Gasteiger partial charge in [0.15, 0.2) is 5.79 Å². The monoisotopic (exact) mass is 347 g/mol. The lowest BCUT2D eigenvalue weighted by Gasteiger charge is -2.39. The van der Waals surface area contributed by atoms with Crippen molar-refractivity contribution >= 4 is 5.95 Å². The first-order valence-electron chi connectivity index (χ1n) is 8.91. The van der Waals surface area contributed by atoms with Gasteiger partial charge in [-0.05, 0) is 36.3 Å². The van der Waals surface area contributed by atoms with E-state index >= 15 is 0 Å². The molecule has 0 saturated carbocycles. The van der Waals surface area contributed by atoms with Crippen LogP contribution in [-0.2, 0) is 29.5 Å². The number of rotatable bonds is 5. The van der Waals surface area contributed by atoms with E-state index in [4.69, 9.17) is 9.47 Å². The number of nitrogens with zero attached hydrogens (tertiary/aromatic N) is 7. The number of ether oxygens (including phenoxy) is 2. The molecule has 2 saturated heterocycles. The number of hydrogen-bond acceptors (Lipinski definition) is 7. The summed E-state index contributed by atoms with van der Waals surface area (Å²) in [6.45, 7) is 5.94. The number of tetrazole rings is 1. The second-order valence-corrected chi connectivity index (χ2v) is 6.90. The van der Waals surface area contributed by atoms with E-state index < -0.39 is 5.79 Å². The standard InChI is InChI=1S/C16H25N7O2/c1-16(24-10-11-25-16)13-4-3-8-22(12-13)15-18-19-20-23(15)9-6-14-5-7-17-21(14)2/h5,7,13H,3-4,6,8-12H2,1-2H3. The molecule has 9 nitrogen and oxygen atoms in total. The van der Waals surface area contributed by atoms with Crippen LogP contribution in [0.4, 0.5) is 5.95 Å². The molecule has 0 radical (unpaired) electrons. The first-order chi connectivity index (χ1) is 12.2. The number of aromatic nitrogens is 6. The van der Waals surface area contributed by atoms with Crippen LogP contribution in [0.1, 0.15) is 25.5 Å². The van der Waals surface area contributed by atoms with Crippen LogP contribution in [0.2, 0.25) is 0 Å². The molecule has 2 aliphatic heterocycles. The Bertz CT molecular complexity index is 707. The van der Waals surface area contributed by atoms with Crippen molar-refractivity contribution in [3.63, 3.8) is 0 Å². The molecule has 2 aromatic rings. The maximum absolute atomic E-state index is 5.87. The second-order valence-electron chi connectivity index (χ2n) is 6.90. The van der Waals surface area contributed by atoms with Gasteiger partial charge in [-0.1, -0.05) is 5.10 Å². The Kier molecular flexibility index (Phi) is 4.43. The van der Waals surface area contributed by atoms with Gasteiger partial charge in [0.05, 0.1) is 19.8 Å². The van der Waals surface area contributed by atoms with Crippen LogP contribution in [0.25, 0.3) is 0 Å². The highest BCUT2D eigenvalue weighted by molar-refractivity contribution is 5.29. The van der Waals surface area contributed by atoms with Gasteiger partial charge in [0, 0.05) is 44.4 Å². The van der Waals surface area contributed by atoms with Crippen molar-refractivity contribution in [3.8, 4) is 0 Å². The van der Waals surface area contributed by atoms with Crippen LogP contribution in [0.5, 0.6) is 0 Å². The van der Waals surface area contributed by atoms with Crippen LogP contribution in [0.15, 0.2) is 12.3 Å². The van der Waals surface area contributed by atoms with E-state index in [1.54, 1.807) is 0 Å². The highest BCUT2D eigenvalue weighted by atomic mass is 16.7. The van der Waals surface area contributed by atoms with E-state index in [0.29, 0.717) is 19.1 Å². The molecule has 2 aromatic heterocycles. The summed E-state index contributed by atoms with van der Waals surface area (Å²) in [5.74, 6) is 0.672. The zero-order valence-electron chi connectivity index (χ0n) is 14.8. The number of anilines is 1. The van der Waals surface area contributed by atoms with E-state index in [0.717, 1.165) is 44.8 Å². The van der Waals surface area contributed by atoms with E-state index in [2.05, 4.69) is 32.4 Å². The summed E-state index contributed by atoms with van der Waals surface area (Å²) in [7, 11) is 1.95. The molecule has 136 valence electrons. The molecule has 0 amide bonds. The predicted molar refractivity (Wildman–Crippen MR) is 90.0 cm³/mol. The van der Waals surface area contributed by atoms with Crippen LogP contribution in [0.3, 0.4) is 0 Å². The summed E-state index contributed by atoms with van der Waals surface area (Å²) in [6.07, 6.45) is 4.84. The van der Waals surface area contributed by atoms with Crippen molar-refractivity contribution in [2.24, 2.45) is 13.0 Å². The zero-order valence-corrected chi connectivity index (χ0v) is 14.8. The predicted octanol–water partition coefficient (Wildman–Crippen LogP) is 0.629.